The monoisotopic (exact) mass is 260 g/mol. The van der Waals surface area contributed by atoms with Crippen LogP contribution in [-0.2, 0) is 0 Å². The summed E-state index contributed by atoms with van der Waals surface area (Å²) in [6, 6.07) is 11.0. The third-order valence-electron chi connectivity index (χ3n) is 3.70. The highest BCUT2D eigenvalue weighted by Crippen LogP contribution is 2.40. The summed E-state index contributed by atoms with van der Waals surface area (Å²) < 4.78 is 2.33. The molecule has 20 heavy (non-hydrogen) atoms. The van der Waals surface area contributed by atoms with Crippen molar-refractivity contribution in [3.63, 3.8) is 0 Å². The number of hydrogen-bond donors (Lipinski definition) is 0. The van der Waals surface area contributed by atoms with Crippen LogP contribution in [0.4, 0.5) is 0 Å². The Morgan fingerprint density at radius 3 is 2.60 bits per heavy atom. The molecule has 0 saturated heterocycles. The van der Waals surface area contributed by atoms with Crippen molar-refractivity contribution >= 4 is 10.9 Å². The van der Waals surface area contributed by atoms with Gasteiger partial charge in [-0.1, -0.05) is 18.2 Å². The van der Waals surface area contributed by atoms with Crippen molar-refractivity contribution < 1.29 is 0 Å². The van der Waals surface area contributed by atoms with Crippen LogP contribution in [-0.4, -0.2) is 14.5 Å². The maximum absolute atomic E-state index is 8.82. The molecular formula is C16H12N4. The van der Waals surface area contributed by atoms with E-state index in [0.29, 0.717) is 17.4 Å². The molecule has 1 aromatic carbocycles. The van der Waals surface area contributed by atoms with E-state index < -0.39 is 0 Å². The molecule has 4 rings (SSSR count). The molecule has 4 nitrogen and oxygen atoms in total. The van der Waals surface area contributed by atoms with Crippen molar-refractivity contribution in [2.75, 3.05) is 0 Å². The third-order valence-corrected chi connectivity index (χ3v) is 3.70. The fourth-order valence-electron chi connectivity index (χ4n) is 2.56. The second-order valence-electron chi connectivity index (χ2n) is 5.11. The van der Waals surface area contributed by atoms with Gasteiger partial charge in [0.05, 0.1) is 5.56 Å². The molecule has 2 heterocycles. The van der Waals surface area contributed by atoms with Crippen molar-refractivity contribution in [2.45, 2.75) is 18.9 Å². The van der Waals surface area contributed by atoms with Gasteiger partial charge in [0.15, 0.2) is 5.82 Å². The van der Waals surface area contributed by atoms with Gasteiger partial charge in [-0.3, -0.25) is 0 Å². The van der Waals surface area contributed by atoms with Gasteiger partial charge in [-0.15, -0.1) is 0 Å². The summed E-state index contributed by atoms with van der Waals surface area (Å²) in [5.74, 6) is 0.680. The molecule has 4 heteroatoms. The lowest BCUT2D eigenvalue weighted by atomic mass is 10.1. The number of aromatic nitrogens is 3. The minimum Gasteiger partial charge on any atom is -0.344 e. The highest BCUT2D eigenvalue weighted by Gasteiger charge is 2.26. The Labute approximate surface area is 116 Å². The van der Waals surface area contributed by atoms with Crippen molar-refractivity contribution in [3.05, 3.63) is 48.4 Å². The van der Waals surface area contributed by atoms with E-state index >= 15 is 0 Å². The highest BCUT2D eigenvalue weighted by molar-refractivity contribution is 5.94. The topological polar surface area (TPSA) is 54.5 Å². The molecule has 0 aliphatic heterocycles. The smallest absolute Gasteiger partial charge is 0.161 e. The number of nitrogens with zero attached hydrogens (tertiary/aromatic N) is 4. The summed E-state index contributed by atoms with van der Waals surface area (Å²) in [5.41, 5.74) is 2.76. The third kappa shape index (κ3) is 1.68. The second kappa shape index (κ2) is 4.17. The number of para-hydroxylation sites is 1. The fraction of sp³-hybridized carbons (Fsp3) is 0.188. The summed E-state index contributed by atoms with van der Waals surface area (Å²) in [7, 11) is 0. The molecule has 0 radical (unpaired) electrons. The molecule has 96 valence electrons. The van der Waals surface area contributed by atoms with Crippen LogP contribution in [0.25, 0.3) is 22.3 Å². The van der Waals surface area contributed by atoms with Gasteiger partial charge in [0.2, 0.25) is 0 Å². The van der Waals surface area contributed by atoms with Crippen LogP contribution in [0, 0.1) is 11.3 Å². The Bertz CT molecular complexity index is 820. The van der Waals surface area contributed by atoms with E-state index in [1.54, 1.807) is 12.4 Å². The molecule has 1 saturated carbocycles. The van der Waals surface area contributed by atoms with Crippen LogP contribution in [0.5, 0.6) is 0 Å². The molecule has 3 aromatic rings. The predicted molar refractivity (Wildman–Crippen MR) is 76.0 cm³/mol. The summed E-state index contributed by atoms with van der Waals surface area (Å²) in [4.78, 5) is 8.63. The molecule has 0 bridgehead atoms. The Balaban J connectivity index is 1.92. The van der Waals surface area contributed by atoms with E-state index in [4.69, 9.17) is 5.26 Å². The number of hydrogen-bond acceptors (Lipinski definition) is 3. The first-order valence-electron chi connectivity index (χ1n) is 6.69. The summed E-state index contributed by atoms with van der Waals surface area (Å²) in [6.45, 7) is 0. The van der Waals surface area contributed by atoms with E-state index in [2.05, 4.69) is 38.9 Å². The fourth-order valence-corrected chi connectivity index (χ4v) is 2.56. The van der Waals surface area contributed by atoms with Crippen molar-refractivity contribution in [3.8, 4) is 17.5 Å². The molecule has 1 aliphatic carbocycles. The summed E-state index contributed by atoms with van der Waals surface area (Å²) >= 11 is 0. The van der Waals surface area contributed by atoms with Gasteiger partial charge in [-0.25, -0.2) is 9.97 Å². The number of fused-ring (bicyclic) bond motifs is 1. The van der Waals surface area contributed by atoms with Crippen LogP contribution in [0.2, 0.25) is 0 Å². The van der Waals surface area contributed by atoms with Crippen LogP contribution in [0.15, 0.2) is 42.9 Å². The molecular weight excluding hydrogens is 248 g/mol. The maximum atomic E-state index is 8.82. The first kappa shape index (κ1) is 11.2. The lowest BCUT2D eigenvalue weighted by molar-refractivity contribution is 0.776. The van der Waals surface area contributed by atoms with Crippen LogP contribution in [0.3, 0.4) is 0 Å². The van der Waals surface area contributed by atoms with Crippen molar-refractivity contribution in [1.29, 1.82) is 5.26 Å². The Kier molecular flexibility index (Phi) is 2.33. The van der Waals surface area contributed by atoms with E-state index in [0.717, 1.165) is 5.56 Å². The Hall–Kier alpha value is -2.67. The minimum atomic E-state index is 0.486. The summed E-state index contributed by atoms with van der Waals surface area (Å²) in [5, 5.41) is 9.99. The predicted octanol–water partition coefficient (Wildman–Crippen LogP) is 3.30. The molecule has 0 unspecified atom stereocenters. The van der Waals surface area contributed by atoms with Crippen LogP contribution >= 0.6 is 0 Å². The van der Waals surface area contributed by atoms with E-state index in [-0.39, 0.29) is 0 Å². The van der Waals surface area contributed by atoms with Gasteiger partial charge < -0.3 is 4.57 Å². The zero-order valence-electron chi connectivity index (χ0n) is 10.8. The van der Waals surface area contributed by atoms with Gasteiger partial charge in [0, 0.05) is 41.1 Å². The zero-order chi connectivity index (χ0) is 13.5. The Morgan fingerprint density at radius 1 is 1.15 bits per heavy atom. The molecule has 0 amide bonds. The molecule has 0 N–H and O–H groups in total. The van der Waals surface area contributed by atoms with Crippen LogP contribution < -0.4 is 0 Å². The van der Waals surface area contributed by atoms with Gasteiger partial charge >= 0.3 is 0 Å². The molecule has 0 atom stereocenters. The first-order valence-corrected chi connectivity index (χ1v) is 6.69. The Morgan fingerprint density at radius 2 is 1.90 bits per heavy atom. The molecule has 0 spiro atoms. The van der Waals surface area contributed by atoms with Crippen LogP contribution in [0.1, 0.15) is 24.4 Å². The maximum Gasteiger partial charge on any atom is 0.161 e. The molecule has 1 fully saturated rings. The van der Waals surface area contributed by atoms with Gasteiger partial charge in [0.1, 0.15) is 6.07 Å². The quantitative estimate of drug-likeness (QED) is 0.710. The summed E-state index contributed by atoms with van der Waals surface area (Å²) in [6.07, 6.45) is 7.78. The lowest BCUT2D eigenvalue weighted by Crippen LogP contribution is -1.90. The van der Waals surface area contributed by atoms with E-state index in [1.807, 2.05) is 12.1 Å². The minimum absolute atomic E-state index is 0.486. The standard InChI is InChI=1S/C16H12N4/c17-7-11-8-18-16(19-9-11)14-10-20(12-5-6-12)15-4-2-1-3-13(14)15/h1-4,8-10,12H,5-6H2. The average molecular weight is 260 g/mol. The lowest BCUT2D eigenvalue weighted by Gasteiger charge is -2.00. The average Bonchev–Trinajstić information content (AvgIpc) is 3.28. The van der Waals surface area contributed by atoms with E-state index in [9.17, 15) is 0 Å². The molecule has 1 aliphatic rings. The van der Waals surface area contributed by atoms with Crippen molar-refractivity contribution in [2.24, 2.45) is 0 Å². The largest absolute Gasteiger partial charge is 0.344 e. The number of benzene rings is 1. The normalized spacial score (nSPS) is 14.3. The number of rotatable bonds is 2. The first-order chi connectivity index (χ1) is 9.86. The van der Waals surface area contributed by atoms with Gasteiger partial charge in [0.25, 0.3) is 0 Å². The van der Waals surface area contributed by atoms with Gasteiger partial charge in [-0.2, -0.15) is 5.26 Å². The molecule has 2 aromatic heterocycles. The van der Waals surface area contributed by atoms with E-state index in [1.165, 1.54) is 23.7 Å². The van der Waals surface area contributed by atoms with Crippen molar-refractivity contribution in [1.82, 2.24) is 14.5 Å². The SMILES string of the molecule is N#Cc1cnc(-c2cn(C3CC3)c3ccccc23)nc1. The van der Waals surface area contributed by atoms with Gasteiger partial charge in [-0.05, 0) is 18.9 Å². The highest BCUT2D eigenvalue weighted by atomic mass is 15.0. The second-order valence-corrected chi connectivity index (χ2v) is 5.11. The number of nitriles is 1. The zero-order valence-corrected chi connectivity index (χ0v) is 10.8.